The number of nitro benzene ring substituents is 1. The normalized spacial score (nSPS) is 11.3. The summed E-state index contributed by atoms with van der Waals surface area (Å²) < 4.78 is 22.7. The Hall–Kier alpha value is -0.950. The second-order valence-corrected chi connectivity index (χ2v) is 5.42. The Kier molecular flexibility index (Phi) is 2.91. The van der Waals surface area contributed by atoms with Gasteiger partial charge in [-0.15, -0.1) is 0 Å². The van der Waals surface area contributed by atoms with Gasteiger partial charge in [-0.05, 0) is 22.0 Å². The summed E-state index contributed by atoms with van der Waals surface area (Å²) in [4.78, 5) is 9.53. The molecular formula is C7H6BrNO4S. The van der Waals surface area contributed by atoms with Crippen molar-refractivity contribution in [3.63, 3.8) is 0 Å². The molecule has 0 fully saturated rings. The molecular weight excluding hydrogens is 274 g/mol. The van der Waals surface area contributed by atoms with Crippen LogP contribution >= 0.6 is 15.9 Å². The molecule has 14 heavy (non-hydrogen) atoms. The third-order valence-corrected chi connectivity index (χ3v) is 3.61. The van der Waals surface area contributed by atoms with Gasteiger partial charge in [0.15, 0.2) is 14.7 Å². The van der Waals surface area contributed by atoms with Crippen LogP contribution in [0.1, 0.15) is 0 Å². The van der Waals surface area contributed by atoms with Gasteiger partial charge in [-0.25, -0.2) is 8.42 Å². The zero-order valence-corrected chi connectivity index (χ0v) is 9.50. The number of benzene rings is 1. The van der Waals surface area contributed by atoms with Crippen molar-refractivity contribution in [3.8, 4) is 0 Å². The van der Waals surface area contributed by atoms with Crippen LogP contribution in [0.4, 0.5) is 5.69 Å². The second kappa shape index (κ2) is 3.66. The van der Waals surface area contributed by atoms with Gasteiger partial charge in [0.05, 0.1) is 4.92 Å². The first kappa shape index (κ1) is 11.1. The van der Waals surface area contributed by atoms with Crippen molar-refractivity contribution in [2.75, 3.05) is 6.26 Å². The first-order valence-electron chi connectivity index (χ1n) is 3.47. The summed E-state index contributed by atoms with van der Waals surface area (Å²) in [5, 5.41) is 10.5. The molecule has 5 nitrogen and oxygen atoms in total. The van der Waals surface area contributed by atoms with Crippen LogP contribution in [0, 0.1) is 10.1 Å². The molecule has 0 bridgehead atoms. The molecule has 1 rings (SSSR count). The molecule has 1 aromatic rings. The lowest BCUT2D eigenvalue weighted by Crippen LogP contribution is -2.03. The monoisotopic (exact) mass is 279 g/mol. The molecule has 0 aromatic heterocycles. The Labute approximate surface area is 88.9 Å². The van der Waals surface area contributed by atoms with Crippen LogP contribution in [0.3, 0.4) is 0 Å². The number of hydrogen-bond acceptors (Lipinski definition) is 4. The highest BCUT2D eigenvalue weighted by molar-refractivity contribution is 9.10. The van der Waals surface area contributed by atoms with Gasteiger partial charge in [-0.3, -0.25) is 10.1 Å². The lowest BCUT2D eigenvalue weighted by atomic mass is 10.3. The van der Waals surface area contributed by atoms with E-state index in [1.54, 1.807) is 0 Å². The van der Waals surface area contributed by atoms with Crippen molar-refractivity contribution < 1.29 is 13.3 Å². The predicted molar refractivity (Wildman–Crippen MR) is 53.9 cm³/mol. The van der Waals surface area contributed by atoms with Gasteiger partial charge in [-0.1, -0.05) is 6.07 Å². The molecule has 0 N–H and O–H groups in total. The number of nitro groups is 1. The maximum Gasteiger partial charge on any atom is 0.289 e. The summed E-state index contributed by atoms with van der Waals surface area (Å²) >= 11 is 2.97. The Bertz CT molecular complexity index is 482. The van der Waals surface area contributed by atoms with E-state index >= 15 is 0 Å². The predicted octanol–water partition coefficient (Wildman–Crippen LogP) is 1.76. The fourth-order valence-electron chi connectivity index (χ4n) is 1.01. The fourth-order valence-corrected chi connectivity index (χ4v) is 3.19. The van der Waals surface area contributed by atoms with Gasteiger partial charge in [0.2, 0.25) is 0 Å². The van der Waals surface area contributed by atoms with Crippen molar-refractivity contribution in [1.82, 2.24) is 0 Å². The van der Waals surface area contributed by atoms with Gasteiger partial charge in [0, 0.05) is 16.8 Å². The van der Waals surface area contributed by atoms with E-state index in [0.717, 1.165) is 12.3 Å². The average Bonchev–Trinajstić information content (AvgIpc) is 2.01. The molecule has 0 spiro atoms. The first-order valence-corrected chi connectivity index (χ1v) is 6.15. The Morgan fingerprint density at radius 1 is 1.43 bits per heavy atom. The molecule has 0 saturated heterocycles. The van der Waals surface area contributed by atoms with E-state index in [2.05, 4.69) is 15.9 Å². The van der Waals surface area contributed by atoms with Crippen LogP contribution in [0.5, 0.6) is 0 Å². The van der Waals surface area contributed by atoms with Gasteiger partial charge < -0.3 is 0 Å². The molecule has 0 aliphatic heterocycles. The Balaban J connectivity index is 3.62. The number of rotatable bonds is 2. The number of sulfone groups is 1. The van der Waals surface area contributed by atoms with Crippen molar-refractivity contribution in [2.45, 2.75) is 4.90 Å². The maximum atomic E-state index is 11.2. The van der Waals surface area contributed by atoms with E-state index in [0.29, 0.717) is 0 Å². The molecule has 7 heteroatoms. The summed E-state index contributed by atoms with van der Waals surface area (Å²) in [5.74, 6) is 0. The van der Waals surface area contributed by atoms with Crippen molar-refractivity contribution in [2.24, 2.45) is 0 Å². The quantitative estimate of drug-likeness (QED) is 0.611. The third kappa shape index (κ3) is 2.10. The average molecular weight is 280 g/mol. The number of hydrogen-bond donors (Lipinski definition) is 0. The SMILES string of the molecule is CS(=O)(=O)c1c(Br)cccc1[N+](=O)[O-]. The van der Waals surface area contributed by atoms with E-state index < -0.39 is 20.4 Å². The molecule has 76 valence electrons. The van der Waals surface area contributed by atoms with E-state index in [9.17, 15) is 18.5 Å². The zero-order chi connectivity index (χ0) is 10.9. The van der Waals surface area contributed by atoms with Crippen molar-refractivity contribution >= 4 is 31.5 Å². The van der Waals surface area contributed by atoms with Gasteiger partial charge in [0.25, 0.3) is 5.69 Å². The van der Waals surface area contributed by atoms with Crippen LogP contribution in [0.15, 0.2) is 27.6 Å². The Morgan fingerprint density at radius 2 is 2.00 bits per heavy atom. The van der Waals surface area contributed by atoms with Crippen LogP contribution in [-0.2, 0) is 9.84 Å². The van der Waals surface area contributed by atoms with Gasteiger partial charge in [-0.2, -0.15) is 0 Å². The minimum atomic E-state index is -3.60. The lowest BCUT2D eigenvalue weighted by Gasteiger charge is -2.02. The van der Waals surface area contributed by atoms with Crippen LogP contribution in [0.25, 0.3) is 0 Å². The summed E-state index contributed by atoms with van der Waals surface area (Å²) in [6, 6.07) is 4.02. The van der Waals surface area contributed by atoms with Crippen molar-refractivity contribution in [1.29, 1.82) is 0 Å². The standard InChI is InChI=1S/C7H6BrNO4S/c1-14(12,13)7-5(8)3-2-4-6(7)9(10)11/h2-4H,1H3. The maximum absolute atomic E-state index is 11.2. The van der Waals surface area contributed by atoms with Crippen LogP contribution in [-0.4, -0.2) is 19.6 Å². The number of nitrogens with zero attached hydrogens (tertiary/aromatic N) is 1. The summed E-state index contributed by atoms with van der Waals surface area (Å²) in [5.41, 5.74) is -0.415. The van der Waals surface area contributed by atoms with E-state index in [-0.39, 0.29) is 9.37 Å². The molecule has 0 aliphatic carbocycles. The highest BCUT2D eigenvalue weighted by Gasteiger charge is 2.24. The minimum absolute atomic E-state index is 0.203. The second-order valence-electron chi connectivity index (χ2n) is 2.62. The minimum Gasteiger partial charge on any atom is -0.258 e. The molecule has 0 aliphatic rings. The lowest BCUT2D eigenvalue weighted by molar-refractivity contribution is -0.387. The molecule has 0 saturated carbocycles. The Morgan fingerprint density at radius 3 is 2.36 bits per heavy atom. The molecule has 0 heterocycles. The van der Waals surface area contributed by atoms with E-state index in [1.807, 2.05) is 0 Å². The van der Waals surface area contributed by atoms with Crippen LogP contribution in [0.2, 0.25) is 0 Å². The zero-order valence-electron chi connectivity index (χ0n) is 7.10. The summed E-state index contributed by atoms with van der Waals surface area (Å²) in [6.45, 7) is 0. The first-order chi connectivity index (χ1) is 6.34. The number of halogens is 1. The summed E-state index contributed by atoms with van der Waals surface area (Å²) in [7, 11) is -3.60. The smallest absolute Gasteiger partial charge is 0.258 e. The summed E-state index contributed by atoms with van der Waals surface area (Å²) in [6.07, 6.45) is 0.931. The molecule has 0 radical (unpaired) electrons. The molecule has 0 amide bonds. The highest BCUT2D eigenvalue weighted by Crippen LogP contribution is 2.30. The molecule has 0 atom stereocenters. The largest absolute Gasteiger partial charge is 0.289 e. The topological polar surface area (TPSA) is 77.3 Å². The third-order valence-electron chi connectivity index (χ3n) is 1.51. The van der Waals surface area contributed by atoms with Gasteiger partial charge >= 0.3 is 0 Å². The van der Waals surface area contributed by atoms with E-state index in [4.69, 9.17) is 0 Å². The van der Waals surface area contributed by atoms with E-state index in [1.165, 1.54) is 12.1 Å². The molecule has 1 aromatic carbocycles. The van der Waals surface area contributed by atoms with Gasteiger partial charge in [0.1, 0.15) is 0 Å². The fraction of sp³-hybridized carbons (Fsp3) is 0.143. The van der Waals surface area contributed by atoms with Crippen LogP contribution < -0.4 is 0 Å². The molecule has 0 unspecified atom stereocenters. The van der Waals surface area contributed by atoms with Crippen molar-refractivity contribution in [3.05, 3.63) is 32.8 Å². The highest BCUT2D eigenvalue weighted by atomic mass is 79.9.